The molecule has 0 aromatic heterocycles. The molecule has 22 heavy (non-hydrogen) atoms. The maximum absolute atomic E-state index is 11.4. The van der Waals surface area contributed by atoms with Gasteiger partial charge in [0, 0.05) is 18.2 Å². The number of aliphatic carboxylic acids is 1. The van der Waals surface area contributed by atoms with Crippen LogP contribution in [0.25, 0.3) is 6.08 Å². The summed E-state index contributed by atoms with van der Waals surface area (Å²) >= 11 is 0. The lowest BCUT2D eigenvalue weighted by Gasteiger charge is -2.29. The molecular weight excluding hydrogens is 286 g/mol. The van der Waals surface area contributed by atoms with E-state index in [1.807, 2.05) is 6.92 Å². The Kier molecular flexibility index (Phi) is 5.16. The number of hydrogen-bond acceptors (Lipinski definition) is 5. The van der Waals surface area contributed by atoms with Crippen molar-refractivity contribution in [2.75, 3.05) is 12.4 Å². The van der Waals surface area contributed by atoms with Gasteiger partial charge in [0.05, 0.1) is 18.8 Å². The van der Waals surface area contributed by atoms with Crippen LogP contribution in [0.1, 0.15) is 25.3 Å². The zero-order valence-electron chi connectivity index (χ0n) is 12.5. The number of aldehydes is 1. The molecule has 1 aliphatic heterocycles. The molecule has 0 saturated heterocycles. The van der Waals surface area contributed by atoms with Crippen molar-refractivity contribution in [2.45, 2.75) is 32.1 Å². The molecule has 1 aromatic carbocycles. The number of carboxylic acids is 1. The van der Waals surface area contributed by atoms with Crippen LogP contribution in [0.15, 0.2) is 23.8 Å². The summed E-state index contributed by atoms with van der Waals surface area (Å²) in [6, 6.07) is 5.34. The van der Waals surface area contributed by atoms with E-state index in [0.717, 1.165) is 17.5 Å². The molecule has 2 rings (SSSR count). The normalized spacial score (nSPS) is 17.7. The van der Waals surface area contributed by atoms with Gasteiger partial charge in [-0.25, -0.2) is 4.79 Å². The predicted octanol–water partition coefficient (Wildman–Crippen LogP) is 2.30. The maximum atomic E-state index is 11.4. The second-order valence-corrected chi connectivity index (χ2v) is 5.07. The molecule has 0 radical (unpaired) electrons. The maximum Gasteiger partial charge on any atom is 0.336 e. The van der Waals surface area contributed by atoms with Gasteiger partial charge in [0.1, 0.15) is 12.0 Å². The Morgan fingerprint density at radius 3 is 2.91 bits per heavy atom. The molecule has 6 nitrogen and oxygen atoms in total. The highest BCUT2D eigenvalue weighted by molar-refractivity contribution is 5.96. The molecule has 2 unspecified atom stereocenters. The fraction of sp³-hybridized carbons (Fsp3) is 0.375. The van der Waals surface area contributed by atoms with E-state index < -0.39 is 12.2 Å². The number of carbonyl (C=O) groups excluding carboxylic acids is 1. The van der Waals surface area contributed by atoms with Crippen molar-refractivity contribution in [3.8, 4) is 5.75 Å². The van der Waals surface area contributed by atoms with Crippen LogP contribution < -0.4 is 10.1 Å². The van der Waals surface area contributed by atoms with Crippen molar-refractivity contribution >= 4 is 24.0 Å². The van der Waals surface area contributed by atoms with E-state index in [4.69, 9.17) is 9.47 Å². The summed E-state index contributed by atoms with van der Waals surface area (Å²) in [5.74, 6) is -0.368. The lowest BCUT2D eigenvalue weighted by Crippen LogP contribution is -2.34. The number of methoxy groups -OCH3 is 1. The van der Waals surface area contributed by atoms with Crippen LogP contribution in [0.2, 0.25) is 0 Å². The predicted molar refractivity (Wildman–Crippen MR) is 81.9 cm³/mol. The fourth-order valence-corrected chi connectivity index (χ4v) is 2.26. The van der Waals surface area contributed by atoms with Crippen molar-refractivity contribution in [1.29, 1.82) is 0 Å². The molecule has 0 saturated carbocycles. The molecule has 2 atom stereocenters. The SMILES string of the molecule is COc1ccc2c(c1)NC(OC(C)CCC=O)C(C(=O)O)=C2. The first kappa shape index (κ1) is 16.0. The summed E-state index contributed by atoms with van der Waals surface area (Å²) in [4.78, 5) is 21.8. The van der Waals surface area contributed by atoms with Crippen molar-refractivity contribution in [3.05, 3.63) is 29.3 Å². The zero-order chi connectivity index (χ0) is 16.1. The van der Waals surface area contributed by atoms with E-state index in [-0.39, 0.29) is 11.7 Å². The van der Waals surface area contributed by atoms with Crippen LogP contribution in [0.3, 0.4) is 0 Å². The van der Waals surface area contributed by atoms with Gasteiger partial charge in [-0.1, -0.05) is 0 Å². The smallest absolute Gasteiger partial charge is 0.336 e. The van der Waals surface area contributed by atoms with E-state index in [9.17, 15) is 14.7 Å². The number of carbonyl (C=O) groups is 2. The molecule has 0 bridgehead atoms. The Morgan fingerprint density at radius 1 is 1.50 bits per heavy atom. The number of nitrogens with one attached hydrogen (secondary N) is 1. The first-order chi connectivity index (χ1) is 10.5. The minimum atomic E-state index is -1.04. The van der Waals surface area contributed by atoms with E-state index in [1.165, 1.54) is 0 Å². The fourth-order valence-electron chi connectivity index (χ4n) is 2.26. The molecule has 0 fully saturated rings. The number of benzene rings is 1. The number of ether oxygens (including phenoxy) is 2. The molecule has 6 heteroatoms. The summed E-state index contributed by atoms with van der Waals surface area (Å²) in [5, 5.41) is 12.4. The third-order valence-corrected chi connectivity index (χ3v) is 3.45. The lowest BCUT2D eigenvalue weighted by molar-refractivity contribution is -0.134. The number of rotatable bonds is 7. The standard InChI is InChI=1S/C16H19NO5/c1-10(4-3-7-18)22-15-13(16(19)20)8-11-5-6-12(21-2)9-14(11)17-15/h5-10,15,17H,3-4H2,1-2H3,(H,19,20). The molecule has 0 amide bonds. The Morgan fingerprint density at radius 2 is 2.27 bits per heavy atom. The molecular formula is C16H19NO5. The Labute approximate surface area is 128 Å². The van der Waals surface area contributed by atoms with Gasteiger partial charge in [-0.05, 0) is 37.1 Å². The van der Waals surface area contributed by atoms with Gasteiger partial charge >= 0.3 is 5.97 Å². The number of fused-ring (bicyclic) bond motifs is 1. The first-order valence-corrected chi connectivity index (χ1v) is 7.03. The van der Waals surface area contributed by atoms with Crippen molar-refractivity contribution in [2.24, 2.45) is 0 Å². The van der Waals surface area contributed by atoms with Crippen LogP contribution >= 0.6 is 0 Å². The topological polar surface area (TPSA) is 84.9 Å². The molecule has 1 aromatic rings. The van der Waals surface area contributed by atoms with Crippen molar-refractivity contribution in [1.82, 2.24) is 0 Å². The van der Waals surface area contributed by atoms with E-state index in [1.54, 1.807) is 31.4 Å². The zero-order valence-corrected chi connectivity index (χ0v) is 12.5. The van der Waals surface area contributed by atoms with Gasteiger partial charge in [0.15, 0.2) is 6.23 Å². The lowest BCUT2D eigenvalue weighted by atomic mass is 10.0. The number of carboxylic acid groups (broad SMARTS) is 1. The largest absolute Gasteiger partial charge is 0.497 e. The van der Waals surface area contributed by atoms with Gasteiger partial charge < -0.3 is 24.7 Å². The summed E-state index contributed by atoms with van der Waals surface area (Å²) in [7, 11) is 1.57. The van der Waals surface area contributed by atoms with Gasteiger partial charge in [0.2, 0.25) is 0 Å². The van der Waals surface area contributed by atoms with Crippen molar-refractivity contribution in [3.63, 3.8) is 0 Å². The molecule has 1 aliphatic rings. The molecule has 1 heterocycles. The highest BCUT2D eigenvalue weighted by Gasteiger charge is 2.28. The van der Waals surface area contributed by atoms with Gasteiger partial charge in [-0.2, -0.15) is 0 Å². The molecule has 0 aliphatic carbocycles. The summed E-state index contributed by atoms with van der Waals surface area (Å²) in [6.45, 7) is 1.81. The second-order valence-electron chi connectivity index (χ2n) is 5.07. The Balaban J connectivity index is 2.23. The minimum absolute atomic E-state index is 0.135. The van der Waals surface area contributed by atoms with Crippen LogP contribution in [-0.2, 0) is 14.3 Å². The highest BCUT2D eigenvalue weighted by atomic mass is 16.5. The van der Waals surface area contributed by atoms with E-state index in [2.05, 4.69) is 5.32 Å². The van der Waals surface area contributed by atoms with Crippen molar-refractivity contribution < 1.29 is 24.2 Å². The first-order valence-electron chi connectivity index (χ1n) is 7.03. The van der Waals surface area contributed by atoms with Crippen LogP contribution in [0.4, 0.5) is 5.69 Å². The molecule has 118 valence electrons. The second kappa shape index (κ2) is 7.09. The summed E-state index contributed by atoms with van der Waals surface area (Å²) in [6.07, 6.45) is 2.33. The Bertz CT molecular complexity index is 596. The average Bonchev–Trinajstić information content (AvgIpc) is 2.51. The van der Waals surface area contributed by atoms with Gasteiger partial charge in [0.25, 0.3) is 0 Å². The Hall–Kier alpha value is -2.34. The molecule has 0 spiro atoms. The quantitative estimate of drug-likeness (QED) is 0.752. The van der Waals surface area contributed by atoms with Gasteiger partial charge in [-0.15, -0.1) is 0 Å². The number of hydrogen-bond donors (Lipinski definition) is 2. The third-order valence-electron chi connectivity index (χ3n) is 3.45. The summed E-state index contributed by atoms with van der Waals surface area (Å²) < 4.78 is 10.9. The van der Waals surface area contributed by atoms with Crippen LogP contribution in [-0.4, -0.2) is 36.8 Å². The minimum Gasteiger partial charge on any atom is -0.497 e. The van der Waals surface area contributed by atoms with Gasteiger partial charge in [-0.3, -0.25) is 0 Å². The van der Waals surface area contributed by atoms with E-state index >= 15 is 0 Å². The average molecular weight is 305 g/mol. The van der Waals surface area contributed by atoms with Crippen LogP contribution in [0, 0.1) is 0 Å². The highest BCUT2D eigenvalue weighted by Crippen LogP contribution is 2.31. The number of anilines is 1. The summed E-state index contributed by atoms with van der Waals surface area (Å²) in [5.41, 5.74) is 1.64. The third kappa shape index (κ3) is 3.65. The molecule has 2 N–H and O–H groups in total. The van der Waals surface area contributed by atoms with Crippen LogP contribution in [0.5, 0.6) is 5.75 Å². The van der Waals surface area contributed by atoms with E-state index in [0.29, 0.717) is 18.6 Å². The monoisotopic (exact) mass is 305 g/mol.